The maximum atomic E-state index is 12.2. The summed E-state index contributed by atoms with van der Waals surface area (Å²) in [6.07, 6.45) is 1.86. The van der Waals surface area contributed by atoms with E-state index in [-0.39, 0.29) is 10.5 Å². The van der Waals surface area contributed by atoms with Gasteiger partial charge in [0, 0.05) is 11.6 Å². The van der Waals surface area contributed by atoms with Gasteiger partial charge in [0.25, 0.3) is 0 Å². The van der Waals surface area contributed by atoms with Gasteiger partial charge in [0.1, 0.15) is 11.0 Å². The van der Waals surface area contributed by atoms with E-state index in [0.29, 0.717) is 17.5 Å². The van der Waals surface area contributed by atoms with Crippen LogP contribution in [0.3, 0.4) is 0 Å². The third-order valence-corrected chi connectivity index (χ3v) is 5.10. The first-order chi connectivity index (χ1) is 9.53. The van der Waals surface area contributed by atoms with Gasteiger partial charge in [0.05, 0.1) is 5.56 Å². The maximum Gasteiger partial charge on any atom is 0.241 e. The smallest absolute Gasteiger partial charge is 0.241 e. The topological polar surface area (TPSA) is 82.0 Å². The lowest BCUT2D eigenvalue weighted by Gasteiger charge is -2.11. The minimum Gasteiger partial charge on any atom is -0.316 e. The molecule has 0 radical (unpaired) electrons. The van der Waals surface area contributed by atoms with E-state index in [1.807, 2.05) is 6.07 Å². The molecule has 1 aliphatic rings. The van der Waals surface area contributed by atoms with Crippen LogP contribution in [-0.2, 0) is 10.0 Å². The van der Waals surface area contributed by atoms with E-state index in [9.17, 15) is 8.42 Å². The fraction of sp³-hybridized carbons (Fsp3) is 0.462. The molecule has 1 unspecified atom stereocenters. The van der Waals surface area contributed by atoms with Crippen LogP contribution in [-0.4, -0.2) is 28.1 Å². The molecule has 0 bridgehead atoms. The van der Waals surface area contributed by atoms with E-state index < -0.39 is 10.0 Å². The number of hydrogen-bond donors (Lipinski definition) is 2. The van der Waals surface area contributed by atoms with Crippen LogP contribution < -0.4 is 10.0 Å². The standard InChI is InChI=1S/C13H16ClN3O2S/c14-12-2-1-11(8-15)13(7-12)20(18,19)17-6-4-10-3-5-16-9-10/h1-2,7,10,16-17H,3-6,9H2. The molecule has 20 heavy (non-hydrogen) atoms. The number of halogens is 1. The number of nitrogens with zero attached hydrogens (tertiary/aromatic N) is 1. The minimum atomic E-state index is -3.69. The molecule has 0 aliphatic carbocycles. The zero-order chi connectivity index (χ0) is 14.6. The molecule has 1 aromatic rings. The molecular formula is C13H16ClN3O2S. The molecule has 5 nitrogen and oxygen atoms in total. The van der Waals surface area contributed by atoms with Crippen LogP contribution in [0.5, 0.6) is 0 Å². The average molecular weight is 314 g/mol. The second kappa shape index (κ2) is 6.55. The Kier molecular flexibility index (Phi) is 5.00. The lowest BCUT2D eigenvalue weighted by atomic mass is 10.1. The summed E-state index contributed by atoms with van der Waals surface area (Å²) in [5.74, 6) is 0.507. The Morgan fingerprint density at radius 3 is 2.95 bits per heavy atom. The van der Waals surface area contributed by atoms with Gasteiger partial charge >= 0.3 is 0 Å². The van der Waals surface area contributed by atoms with E-state index >= 15 is 0 Å². The fourth-order valence-corrected chi connectivity index (χ4v) is 3.71. The molecule has 0 aromatic heterocycles. The van der Waals surface area contributed by atoms with Gasteiger partial charge in [-0.05, 0) is 50.0 Å². The second-order valence-corrected chi connectivity index (χ2v) is 6.97. The van der Waals surface area contributed by atoms with E-state index in [0.717, 1.165) is 25.9 Å². The fourth-order valence-electron chi connectivity index (χ4n) is 2.25. The Morgan fingerprint density at radius 2 is 2.30 bits per heavy atom. The Hall–Kier alpha value is -1.13. The van der Waals surface area contributed by atoms with Gasteiger partial charge in [0.15, 0.2) is 0 Å². The average Bonchev–Trinajstić information content (AvgIpc) is 2.91. The van der Waals surface area contributed by atoms with Crippen molar-refractivity contribution in [2.75, 3.05) is 19.6 Å². The number of rotatable bonds is 5. The first-order valence-corrected chi connectivity index (χ1v) is 8.29. The van der Waals surface area contributed by atoms with Crippen molar-refractivity contribution in [3.63, 3.8) is 0 Å². The van der Waals surface area contributed by atoms with Crippen molar-refractivity contribution in [1.82, 2.24) is 10.0 Å². The Labute approximate surface area is 124 Å². The highest BCUT2D eigenvalue weighted by atomic mass is 35.5. The summed E-state index contributed by atoms with van der Waals surface area (Å²) < 4.78 is 26.9. The van der Waals surface area contributed by atoms with Gasteiger partial charge < -0.3 is 5.32 Å². The molecule has 1 heterocycles. The summed E-state index contributed by atoms with van der Waals surface area (Å²) in [5.41, 5.74) is 0.101. The molecule has 2 N–H and O–H groups in total. The van der Waals surface area contributed by atoms with Gasteiger partial charge in [-0.3, -0.25) is 0 Å². The lowest BCUT2D eigenvalue weighted by molar-refractivity contribution is 0.519. The minimum absolute atomic E-state index is 0.0583. The van der Waals surface area contributed by atoms with Crippen molar-refractivity contribution < 1.29 is 8.42 Å². The number of nitriles is 1. The molecule has 0 amide bonds. The highest BCUT2D eigenvalue weighted by Gasteiger charge is 2.20. The van der Waals surface area contributed by atoms with Crippen LogP contribution in [0, 0.1) is 17.2 Å². The van der Waals surface area contributed by atoms with Crippen LogP contribution >= 0.6 is 11.6 Å². The maximum absolute atomic E-state index is 12.2. The number of nitrogens with one attached hydrogen (secondary N) is 2. The summed E-state index contributed by atoms with van der Waals surface area (Å²) in [6.45, 7) is 2.29. The molecule has 1 saturated heterocycles. The third-order valence-electron chi connectivity index (χ3n) is 3.36. The van der Waals surface area contributed by atoms with Crippen molar-refractivity contribution in [3.8, 4) is 6.07 Å². The molecule has 0 spiro atoms. The van der Waals surface area contributed by atoms with Crippen LogP contribution in [0.15, 0.2) is 23.1 Å². The molecule has 1 fully saturated rings. The molecule has 1 atom stereocenters. The van der Waals surface area contributed by atoms with Gasteiger partial charge in [-0.1, -0.05) is 11.6 Å². The summed E-state index contributed by atoms with van der Waals surface area (Å²) in [5, 5.41) is 12.5. The summed E-state index contributed by atoms with van der Waals surface area (Å²) in [4.78, 5) is -0.0583. The van der Waals surface area contributed by atoms with E-state index in [1.54, 1.807) is 0 Å². The van der Waals surface area contributed by atoms with E-state index in [4.69, 9.17) is 16.9 Å². The van der Waals surface area contributed by atoms with E-state index in [1.165, 1.54) is 18.2 Å². The molecule has 1 aliphatic heterocycles. The lowest BCUT2D eigenvalue weighted by Crippen LogP contribution is -2.27. The Balaban J connectivity index is 2.06. The molecular weight excluding hydrogens is 298 g/mol. The number of benzene rings is 1. The zero-order valence-electron chi connectivity index (χ0n) is 10.9. The third kappa shape index (κ3) is 3.70. The summed E-state index contributed by atoms with van der Waals surface area (Å²) in [7, 11) is -3.69. The SMILES string of the molecule is N#Cc1ccc(Cl)cc1S(=O)(=O)NCCC1CCNC1. The van der Waals surface area contributed by atoms with Gasteiger partial charge in [0.2, 0.25) is 10.0 Å². The van der Waals surface area contributed by atoms with Gasteiger partial charge in [-0.15, -0.1) is 0 Å². The van der Waals surface area contributed by atoms with Crippen LogP contribution in [0.2, 0.25) is 5.02 Å². The normalized spacial score (nSPS) is 18.9. The quantitative estimate of drug-likeness (QED) is 0.863. The number of hydrogen-bond acceptors (Lipinski definition) is 4. The molecule has 2 rings (SSSR count). The van der Waals surface area contributed by atoms with Crippen molar-refractivity contribution >= 4 is 21.6 Å². The molecule has 7 heteroatoms. The molecule has 1 aromatic carbocycles. The largest absolute Gasteiger partial charge is 0.316 e. The molecule has 0 saturated carbocycles. The Bertz CT molecular complexity index is 619. The highest BCUT2D eigenvalue weighted by molar-refractivity contribution is 7.89. The zero-order valence-corrected chi connectivity index (χ0v) is 12.5. The first-order valence-electron chi connectivity index (χ1n) is 6.43. The van der Waals surface area contributed by atoms with E-state index in [2.05, 4.69) is 10.0 Å². The van der Waals surface area contributed by atoms with Crippen molar-refractivity contribution in [3.05, 3.63) is 28.8 Å². The summed E-state index contributed by atoms with van der Waals surface area (Å²) >= 11 is 5.81. The van der Waals surface area contributed by atoms with Crippen molar-refractivity contribution in [2.24, 2.45) is 5.92 Å². The second-order valence-electron chi connectivity index (χ2n) is 4.80. The van der Waals surface area contributed by atoms with Gasteiger partial charge in [-0.2, -0.15) is 5.26 Å². The van der Waals surface area contributed by atoms with Crippen LogP contribution in [0.25, 0.3) is 0 Å². The summed E-state index contributed by atoms with van der Waals surface area (Å²) in [6, 6.07) is 6.10. The predicted octanol–water partition coefficient (Wildman–Crippen LogP) is 1.49. The van der Waals surface area contributed by atoms with Crippen molar-refractivity contribution in [1.29, 1.82) is 5.26 Å². The first kappa shape index (κ1) is 15.3. The molecule has 108 valence electrons. The monoisotopic (exact) mass is 313 g/mol. The number of sulfonamides is 1. The highest BCUT2D eigenvalue weighted by Crippen LogP contribution is 2.20. The Morgan fingerprint density at radius 1 is 1.50 bits per heavy atom. The van der Waals surface area contributed by atoms with Crippen molar-refractivity contribution in [2.45, 2.75) is 17.7 Å². The predicted molar refractivity (Wildman–Crippen MR) is 76.9 cm³/mol. The van der Waals surface area contributed by atoms with Gasteiger partial charge in [-0.25, -0.2) is 13.1 Å². The van der Waals surface area contributed by atoms with Crippen LogP contribution in [0.4, 0.5) is 0 Å². The van der Waals surface area contributed by atoms with Crippen LogP contribution in [0.1, 0.15) is 18.4 Å².